The summed E-state index contributed by atoms with van der Waals surface area (Å²) in [6.45, 7) is 0. The average Bonchev–Trinajstić information content (AvgIpc) is 2.62. The van der Waals surface area contributed by atoms with Crippen LogP contribution in [-0.2, 0) is 0 Å². The summed E-state index contributed by atoms with van der Waals surface area (Å²) in [5.74, 6) is -0.0686. The molecule has 0 aliphatic heterocycles. The third-order valence-electron chi connectivity index (χ3n) is 2.06. The molecule has 2 aromatic rings. The van der Waals surface area contributed by atoms with E-state index in [0.717, 1.165) is 4.47 Å². The molecule has 1 aromatic carbocycles. The molecule has 5 heteroatoms. The molecular weight excluding hydrogens is 288 g/mol. The van der Waals surface area contributed by atoms with E-state index in [0.29, 0.717) is 21.8 Å². The quantitative estimate of drug-likeness (QED) is 0.661. The number of carbonyl (C=O) groups excluding carboxylic acids is 1. The van der Waals surface area contributed by atoms with Crippen LogP contribution in [0.3, 0.4) is 0 Å². The van der Waals surface area contributed by atoms with Crippen LogP contribution in [0.1, 0.15) is 15.2 Å². The molecule has 0 saturated heterocycles. The van der Waals surface area contributed by atoms with Gasteiger partial charge in [0, 0.05) is 21.4 Å². The SMILES string of the molecule is Nc1cc(N)cc(C(=O)c2sccc2Br)c1. The van der Waals surface area contributed by atoms with Crippen molar-refractivity contribution in [3.63, 3.8) is 0 Å². The average molecular weight is 297 g/mol. The van der Waals surface area contributed by atoms with Gasteiger partial charge in [0.05, 0.1) is 4.88 Å². The molecule has 1 heterocycles. The minimum Gasteiger partial charge on any atom is -0.399 e. The van der Waals surface area contributed by atoms with E-state index in [9.17, 15) is 4.79 Å². The summed E-state index contributed by atoms with van der Waals surface area (Å²) >= 11 is 4.71. The van der Waals surface area contributed by atoms with Gasteiger partial charge in [0.1, 0.15) is 0 Å². The van der Waals surface area contributed by atoms with E-state index >= 15 is 0 Å². The normalized spacial score (nSPS) is 10.3. The molecule has 0 bridgehead atoms. The van der Waals surface area contributed by atoms with Gasteiger partial charge < -0.3 is 11.5 Å². The highest BCUT2D eigenvalue weighted by Gasteiger charge is 2.14. The van der Waals surface area contributed by atoms with Crippen molar-refractivity contribution >= 4 is 44.4 Å². The largest absolute Gasteiger partial charge is 0.399 e. The summed E-state index contributed by atoms with van der Waals surface area (Å²) in [4.78, 5) is 12.8. The fourth-order valence-corrected chi connectivity index (χ4v) is 2.91. The summed E-state index contributed by atoms with van der Waals surface area (Å²) in [5.41, 5.74) is 12.8. The van der Waals surface area contributed by atoms with E-state index < -0.39 is 0 Å². The van der Waals surface area contributed by atoms with Gasteiger partial charge in [0.15, 0.2) is 0 Å². The molecule has 0 atom stereocenters. The summed E-state index contributed by atoms with van der Waals surface area (Å²) in [7, 11) is 0. The lowest BCUT2D eigenvalue weighted by Crippen LogP contribution is -2.02. The molecule has 0 amide bonds. The van der Waals surface area contributed by atoms with Gasteiger partial charge in [0.25, 0.3) is 0 Å². The molecule has 1 aromatic heterocycles. The minimum atomic E-state index is -0.0686. The number of halogens is 1. The van der Waals surface area contributed by atoms with Crippen molar-refractivity contribution in [2.24, 2.45) is 0 Å². The highest BCUT2D eigenvalue weighted by molar-refractivity contribution is 9.10. The monoisotopic (exact) mass is 296 g/mol. The zero-order valence-electron chi connectivity index (χ0n) is 8.24. The van der Waals surface area contributed by atoms with Crippen molar-refractivity contribution in [3.05, 3.63) is 44.6 Å². The van der Waals surface area contributed by atoms with Gasteiger partial charge in [-0.05, 0) is 45.6 Å². The molecule has 0 spiro atoms. The molecule has 0 unspecified atom stereocenters. The standard InChI is InChI=1S/C11H9BrN2OS/c12-9-1-2-16-11(9)10(15)6-3-7(13)5-8(14)4-6/h1-5H,13-14H2. The van der Waals surface area contributed by atoms with Gasteiger partial charge in [0.2, 0.25) is 5.78 Å². The van der Waals surface area contributed by atoms with Crippen molar-refractivity contribution in [2.45, 2.75) is 0 Å². The lowest BCUT2D eigenvalue weighted by atomic mass is 10.1. The van der Waals surface area contributed by atoms with Gasteiger partial charge >= 0.3 is 0 Å². The van der Waals surface area contributed by atoms with Crippen LogP contribution in [-0.4, -0.2) is 5.78 Å². The first-order valence-corrected chi connectivity index (χ1v) is 6.19. The van der Waals surface area contributed by atoms with Crippen molar-refractivity contribution in [1.82, 2.24) is 0 Å². The second kappa shape index (κ2) is 4.27. The first kappa shape index (κ1) is 11.2. The van der Waals surface area contributed by atoms with Crippen LogP contribution in [0.25, 0.3) is 0 Å². The first-order chi connectivity index (χ1) is 7.58. The summed E-state index contributed by atoms with van der Waals surface area (Å²) < 4.78 is 0.795. The molecule has 0 saturated carbocycles. The van der Waals surface area contributed by atoms with Crippen LogP contribution in [0.15, 0.2) is 34.1 Å². The Balaban J connectivity index is 2.45. The molecule has 4 N–H and O–H groups in total. The van der Waals surface area contributed by atoms with Gasteiger partial charge in [-0.2, -0.15) is 0 Å². The number of hydrogen-bond donors (Lipinski definition) is 2. The number of anilines is 2. The van der Waals surface area contributed by atoms with E-state index in [1.807, 2.05) is 11.4 Å². The lowest BCUT2D eigenvalue weighted by molar-refractivity contribution is 0.104. The Morgan fingerprint density at radius 3 is 2.31 bits per heavy atom. The van der Waals surface area contributed by atoms with Gasteiger partial charge in [-0.3, -0.25) is 4.79 Å². The lowest BCUT2D eigenvalue weighted by Gasteiger charge is -2.03. The number of benzene rings is 1. The van der Waals surface area contributed by atoms with Crippen LogP contribution in [0.2, 0.25) is 0 Å². The van der Waals surface area contributed by atoms with Gasteiger partial charge in [-0.15, -0.1) is 11.3 Å². The molecule has 2 rings (SSSR count). The van der Waals surface area contributed by atoms with Crippen LogP contribution >= 0.6 is 27.3 Å². The molecule has 82 valence electrons. The Hall–Kier alpha value is -1.33. The van der Waals surface area contributed by atoms with E-state index in [2.05, 4.69) is 15.9 Å². The summed E-state index contributed by atoms with van der Waals surface area (Å²) in [6.07, 6.45) is 0. The molecule has 0 fully saturated rings. The molecule has 16 heavy (non-hydrogen) atoms. The molecule has 3 nitrogen and oxygen atoms in total. The van der Waals surface area contributed by atoms with Crippen molar-refractivity contribution < 1.29 is 4.79 Å². The molecule has 0 aliphatic carbocycles. The second-order valence-corrected chi connectivity index (χ2v) is 5.09. The van der Waals surface area contributed by atoms with Crippen LogP contribution < -0.4 is 11.5 Å². The van der Waals surface area contributed by atoms with Crippen molar-refractivity contribution in [2.75, 3.05) is 11.5 Å². The third kappa shape index (κ3) is 2.10. The zero-order chi connectivity index (χ0) is 11.7. The van der Waals surface area contributed by atoms with E-state index in [4.69, 9.17) is 11.5 Å². The van der Waals surface area contributed by atoms with E-state index in [1.165, 1.54) is 11.3 Å². The van der Waals surface area contributed by atoms with E-state index in [1.54, 1.807) is 18.2 Å². The molecular formula is C11H9BrN2OS. The third-order valence-corrected chi connectivity index (χ3v) is 3.90. The maximum absolute atomic E-state index is 12.1. The van der Waals surface area contributed by atoms with Gasteiger partial charge in [-0.25, -0.2) is 0 Å². The first-order valence-electron chi connectivity index (χ1n) is 4.51. The predicted octanol–water partition coefficient (Wildman–Crippen LogP) is 2.91. The number of nitrogen functional groups attached to an aromatic ring is 2. The van der Waals surface area contributed by atoms with Crippen molar-refractivity contribution in [3.8, 4) is 0 Å². The maximum Gasteiger partial charge on any atom is 0.204 e. The number of rotatable bonds is 2. The number of hydrogen-bond acceptors (Lipinski definition) is 4. The topological polar surface area (TPSA) is 69.1 Å². The number of nitrogens with two attached hydrogens (primary N) is 2. The second-order valence-electron chi connectivity index (χ2n) is 3.32. The van der Waals surface area contributed by atoms with Crippen LogP contribution in [0, 0.1) is 0 Å². The number of ketones is 1. The Labute approximate surface area is 105 Å². The summed E-state index contributed by atoms with van der Waals surface area (Å²) in [5, 5.41) is 1.85. The molecule has 0 radical (unpaired) electrons. The maximum atomic E-state index is 12.1. The zero-order valence-corrected chi connectivity index (χ0v) is 10.6. The molecule has 0 aliphatic rings. The van der Waals surface area contributed by atoms with Crippen LogP contribution in [0.4, 0.5) is 11.4 Å². The van der Waals surface area contributed by atoms with Gasteiger partial charge in [-0.1, -0.05) is 0 Å². The summed E-state index contributed by atoms with van der Waals surface area (Å²) in [6, 6.07) is 6.73. The Morgan fingerprint density at radius 2 is 1.81 bits per heavy atom. The Bertz CT molecular complexity index is 530. The Kier molecular flexibility index (Phi) is 2.98. The highest BCUT2D eigenvalue weighted by Crippen LogP contribution is 2.26. The Morgan fingerprint density at radius 1 is 1.19 bits per heavy atom. The van der Waals surface area contributed by atoms with Crippen molar-refractivity contribution in [1.29, 1.82) is 0 Å². The van der Waals surface area contributed by atoms with E-state index in [-0.39, 0.29) is 5.78 Å². The fraction of sp³-hybridized carbons (Fsp3) is 0. The predicted molar refractivity (Wildman–Crippen MR) is 70.7 cm³/mol. The number of thiophene rings is 1. The highest BCUT2D eigenvalue weighted by atomic mass is 79.9. The fourth-order valence-electron chi connectivity index (χ4n) is 1.39. The van der Waals surface area contributed by atoms with Crippen LogP contribution in [0.5, 0.6) is 0 Å². The number of carbonyl (C=O) groups is 1. The smallest absolute Gasteiger partial charge is 0.204 e. The minimum absolute atomic E-state index is 0.0686.